The van der Waals surface area contributed by atoms with Crippen molar-refractivity contribution in [3.63, 3.8) is 0 Å². The SMILES string of the molecule is CC(C)(C)OC(=O)N1CCC(NC(=O)[C@@H]2CC/C(=N\OCc3ccccc3)CN2)CC1.CC(C)(C)OC(=O)N1CCC(NC(=O)[C@@H]2CCC(NOCc3ccccc3)CN2)CC1. The summed E-state index contributed by atoms with van der Waals surface area (Å²) in [5.41, 5.74) is 5.23. The third kappa shape index (κ3) is 17.2. The van der Waals surface area contributed by atoms with Gasteiger partial charge in [-0.2, -0.15) is 5.48 Å². The Morgan fingerprint density at radius 2 is 1.11 bits per heavy atom. The molecule has 0 bridgehead atoms. The molecule has 0 saturated carbocycles. The van der Waals surface area contributed by atoms with E-state index in [4.69, 9.17) is 19.1 Å². The normalized spacial score (nSPS) is 22.2. The quantitative estimate of drug-likeness (QED) is 0.188. The molecule has 4 saturated heterocycles. The number of hydrogen-bond acceptors (Lipinski definition) is 12. The fraction of sp³-hybridized carbons (Fsp3) is 0.630. The number of carbonyl (C=O) groups is 4. The van der Waals surface area contributed by atoms with Crippen molar-refractivity contribution in [1.29, 1.82) is 0 Å². The Balaban J connectivity index is 0.000000234. The largest absolute Gasteiger partial charge is 0.444 e. The van der Waals surface area contributed by atoms with Gasteiger partial charge in [0.25, 0.3) is 0 Å². The van der Waals surface area contributed by atoms with Crippen molar-refractivity contribution < 1.29 is 38.3 Å². The Bertz CT molecular complexity index is 1720. The molecule has 0 radical (unpaired) electrons. The second-order valence-corrected chi connectivity index (χ2v) is 18.5. The molecule has 2 aromatic rings. The Kier molecular flexibility index (Phi) is 18.4. The van der Waals surface area contributed by atoms with Crippen LogP contribution in [0.1, 0.15) is 104 Å². The minimum atomic E-state index is -0.496. The summed E-state index contributed by atoms with van der Waals surface area (Å²) in [4.78, 5) is 64.1. The summed E-state index contributed by atoms with van der Waals surface area (Å²) in [6, 6.07) is 19.9. The highest BCUT2D eigenvalue weighted by Gasteiger charge is 2.32. The summed E-state index contributed by atoms with van der Waals surface area (Å²) in [5.74, 6) is 0.0549. The topological polar surface area (TPSA) is 184 Å². The minimum absolute atomic E-state index is 0.0139. The van der Waals surface area contributed by atoms with Gasteiger partial charge in [0, 0.05) is 57.4 Å². The number of likely N-dealkylation sites (tertiary alicyclic amines) is 2. The van der Waals surface area contributed by atoms with Crippen LogP contribution in [-0.4, -0.2) is 120 Å². The molecule has 0 spiro atoms. The standard InChI is InChI=1S/C23H36N4O4.C23H34N4O4/c2*1-23(2,3)31-22(29)27-13-11-18(12-14-27)25-21(28)20-10-9-19(15-24-20)26-30-16-17-7-5-4-6-8-17/h4-8,18-20,24,26H,9-16H2,1-3H3,(H,25,28);4-8,18,20,24H,9-16H2,1-3H3,(H,25,28)/b;26-19+/t19?,20-;20-/m00/s1. The fourth-order valence-electron chi connectivity index (χ4n) is 7.48. The molecule has 62 heavy (non-hydrogen) atoms. The van der Waals surface area contributed by atoms with Gasteiger partial charge in [-0.15, -0.1) is 0 Å². The maximum absolute atomic E-state index is 12.6. The molecule has 4 aliphatic heterocycles. The molecule has 1 unspecified atom stereocenters. The van der Waals surface area contributed by atoms with Crippen LogP contribution in [0.5, 0.6) is 0 Å². The Labute approximate surface area is 367 Å². The molecule has 6 rings (SSSR count). The van der Waals surface area contributed by atoms with Gasteiger partial charge < -0.3 is 45.4 Å². The van der Waals surface area contributed by atoms with Crippen LogP contribution in [-0.2, 0) is 42.0 Å². The zero-order valence-corrected chi connectivity index (χ0v) is 37.6. The van der Waals surface area contributed by atoms with E-state index in [9.17, 15) is 19.2 Å². The molecule has 4 amide bonds. The molecule has 342 valence electrons. The molecule has 0 aromatic heterocycles. The average Bonchev–Trinajstić information content (AvgIpc) is 3.24. The zero-order valence-electron chi connectivity index (χ0n) is 37.6. The van der Waals surface area contributed by atoms with Crippen molar-refractivity contribution in [3.8, 4) is 0 Å². The monoisotopic (exact) mass is 863 g/mol. The molecule has 2 aromatic carbocycles. The van der Waals surface area contributed by atoms with Crippen LogP contribution in [0.25, 0.3) is 0 Å². The molecule has 16 heteroatoms. The van der Waals surface area contributed by atoms with Crippen molar-refractivity contribution in [3.05, 3.63) is 71.8 Å². The average molecular weight is 863 g/mol. The predicted molar refractivity (Wildman–Crippen MR) is 237 cm³/mol. The molecule has 4 heterocycles. The lowest BCUT2D eigenvalue weighted by molar-refractivity contribution is -0.125. The number of nitrogens with zero attached hydrogens (tertiary/aromatic N) is 3. The highest BCUT2D eigenvalue weighted by Crippen LogP contribution is 2.19. The molecule has 5 N–H and O–H groups in total. The Morgan fingerprint density at radius 1 is 0.629 bits per heavy atom. The van der Waals surface area contributed by atoms with Crippen LogP contribution in [0.3, 0.4) is 0 Å². The Morgan fingerprint density at radius 3 is 1.55 bits per heavy atom. The summed E-state index contributed by atoms with van der Waals surface area (Å²) in [5, 5.41) is 17.1. The van der Waals surface area contributed by atoms with Crippen LogP contribution >= 0.6 is 0 Å². The predicted octanol–water partition coefficient (Wildman–Crippen LogP) is 5.17. The van der Waals surface area contributed by atoms with Crippen LogP contribution in [0.2, 0.25) is 0 Å². The van der Waals surface area contributed by atoms with Gasteiger partial charge in [0.05, 0.1) is 24.4 Å². The number of oxime groups is 1. The van der Waals surface area contributed by atoms with Gasteiger partial charge in [-0.05, 0) is 104 Å². The summed E-state index contributed by atoms with van der Waals surface area (Å²) >= 11 is 0. The Hall–Kier alpha value is -4.77. The summed E-state index contributed by atoms with van der Waals surface area (Å²) in [7, 11) is 0. The van der Waals surface area contributed by atoms with Crippen molar-refractivity contribution in [2.75, 3.05) is 39.3 Å². The highest BCUT2D eigenvalue weighted by molar-refractivity contribution is 5.90. The number of benzene rings is 2. The van der Waals surface area contributed by atoms with E-state index in [2.05, 4.69) is 31.9 Å². The van der Waals surface area contributed by atoms with Crippen molar-refractivity contribution in [2.24, 2.45) is 5.16 Å². The first-order chi connectivity index (χ1) is 29.6. The molecule has 0 aliphatic carbocycles. The highest BCUT2D eigenvalue weighted by atomic mass is 16.6. The van der Waals surface area contributed by atoms with E-state index in [0.717, 1.165) is 61.8 Å². The van der Waals surface area contributed by atoms with Gasteiger partial charge in [-0.3, -0.25) is 14.4 Å². The molecular weight excluding hydrogens is 793 g/mol. The summed E-state index contributed by atoms with van der Waals surface area (Å²) < 4.78 is 10.8. The van der Waals surface area contributed by atoms with Crippen molar-refractivity contribution in [1.82, 2.24) is 36.5 Å². The van der Waals surface area contributed by atoms with E-state index in [1.807, 2.05) is 102 Å². The summed E-state index contributed by atoms with van der Waals surface area (Å²) in [6.07, 6.45) is 5.45. The summed E-state index contributed by atoms with van der Waals surface area (Å²) in [6.45, 7) is 15.8. The van der Waals surface area contributed by atoms with Crippen LogP contribution in [0.15, 0.2) is 65.8 Å². The number of piperidine rings is 4. The fourth-order valence-corrected chi connectivity index (χ4v) is 7.48. The smallest absolute Gasteiger partial charge is 0.410 e. The number of rotatable bonds is 11. The van der Waals surface area contributed by atoms with E-state index in [1.165, 1.54) is 0 Å². The molecule has 4 aliphatic rings. The second-order valence-electron chi connectivity index (χ2n) is 18.5. The second kappa shape index (κ2) is 23.6. The van der Waals surface area contributed by atoms with Crippen LogP contribution in [0, 0.1) is 0 Å². The zero-order chi connectivity index (χ0) is 44.5. The van der Waals surface area contributed by atoms with Crippen molar-refractivity contribution >= 4 is 29.7 Å². The number of amides is 4. The minimum Gasteiger partial charge on any atom is -0.444 e. The lowest BCUT2D eigenvalue weighted by Crippen LogP contribution is -2.56. The van der Waals surface area contributed by atoms with Crippen molar-refractivity contribution in [2.45, 2.75) is 148 Å². The third-order valence-electron chi connectivity index (χ3n) is 10.9. The molecular formula is C46H70N8O8. The first-order valence-electron chi connectivity index (χ1n) is 22.3. The maximum atomic E-state index is 12.6. The molecule has 4 fully saturated rings. The number of nitrogens with one attached hydrogen (secondary N) is 5. The van der Waals surface area contributed by atoms with E-state index >= 15 is 0 Å². The number of hydrogen-bond donors (Lipinski definition) is 5. The van der Waals surface area contributed by atoms with Gasteiger partial charge in [0.1, 0.15) is 17.8 Å². The van der Waals surface area contributed by atoms with E-state index in [0.29, 0.717) is 58.9 Å². The van der Waals surface area contributed by atoms with E-state index in [-0.39, 0.29) is 54.2 Å². The number of carbonyl (C=O) groups excluding carboxylic acids is 4. The maximum Gasteiger partial charge on any atom is 0.410 e. The van der Waals surface area contributed by atoms with Gasteiger partial charge in [0.15, 0.2) is 0 Å². The first-order valence-corrected chi connectivity index (χ1v) is 22.3. The first kappa shape index (κ1) is 48.3. The number of ether oxygens (including phenoxy) is 2. The van der Waals surface area contributed by atoms with Crippen LogP contribution in [0.4, 0.5) is 9.59 Å². The molecule has 3 atom stereocenters. The van der Waals surface area contributed by atoms with E-state index < -0.39 is 11.2 Å². The lowest BCUT2D eigenvalue weighted by Gasteiger charge is -2.35. The molecule has 16 nitrogen and oxygen atoms in total. The third-order valence-corrected chi connectivity index (χ3v) is 10.9. The van der Waals surface area contributed by atoms with Crippen LogP contribution < -0.4 is 26.7 Å². The van der Waals surface area contributed by atoms with Gasteiger partial charge in [0.2, 0.25) is 11.8 Å². The lowest BCUT2D eigenvalue weighted by atomic mass is 9.99. The van der Waals surface area contributed by atoms with Gasteiger partial charge in [-0.1, -0.05) is 65.8 Å². The number of hydroxylamine groups is 1. The van der Waals surface area contributed by atoms with E-state index in [1.54, 1.807) is 9.80 Å². The van der Waals surface area contributed by atoms with Gasteiger partial charge >= 0.3 is 12.2 Å². The van der Waals surface area contributed by atoms with Gasteiger partial charge in [-0.25, -0.2) is 9.59 Å².